The first-order valence-electron chi connectivity index (χ1n) is 5.02. The van der Waals surface area contributed by atoms with E-state index in [4.69, 9.17) is 0 Å². The first-order chi connectivity index (χ1) is 7.75. The summed E-state index contributed by atoms with van der Waals surface area (Å²) in [6, 6.07) is 14.6. The highest BCUT2D eigenvalue weighted by Gasteiger charge is 1.96. The van der Waals surface area contributed by atoms with Gasteiger partial charge in [-0.2, -0.15) is 5.11 Å². The van der Waals surface area contributed by atoms with Crippen LogP contribution in [-0.2, 0) is 0 Å². The van der Waals surface area contributed by atoms with Crippen molar-refractivity contribution in [3.63, 3.8) is 0 Å². The molecule has 0 unspecified atom stereocenters. The zero-order valence-corrected chi connectivity index (χ0v) is 8.96. The van der Waals surface area contributed by atoms with Gasteiger partial charge in [0.1, 0.15) is 11.4 Å². The fourth-order valence-electron chi connectivity index (χ4n) is 1.27. The average Bonchev–Trinajstić information content (AvgIpc) is 2.30. The Morgan fingerprint density at radius 3 is 2.25 bits per heavy atom. The summed E-state index contributed by atoms with van der Waals surface area (Å²) in [5, 5.41) is 17.5. The second-order valence-corrected chi connectivity index (χ2v) is 3.52. The monoisotopic (exact) mass is 212 g/mol. The highest BCUT2D eigenvalue weighted by atomic mass is 16.3. The van der Waals surface area contributed by atoms with Crippen molar-refractivity contribution in [1.82, 2.24) is 0 Å². The van der Waals surface area contributed by atoms with Crippen LogP contribution in [0.25, 0.3) is 0 Å². The van der Waals surface area contributed by atoms with E-state index in [0.29, 0.717) is 5.69 Å². The lowest BCUT2D eigenvalue weighted by Gasteiger charge is -1.96. The smallest absolute Gasteiger partial charge is 0.143 e. The fraction of sp³-hybridized carbons (Fsp3) is 0.0769. The number of nitrogens with zero attached hydrogens (tertiary/aromatic N) is 2. The van der Waals surface area contributed by atoms with E-state index in [1.54, 1.807) is 18.2 Å². The van der Waals surface area contributed by atoms with Crippen molar-refractivity contribution in [2.45, 2.75) is 6.92 Å². The van der Waals surface area contributed by atoms with Crippen LogP contribution in [0.2, 0.25) is 0 Å². The standard InChI is InChI=1S/C13H12N2O/c1-10-6-8-11(9-7-10)14-15-12-4-2-3-5-13(12)16/h2-9,16H,1H3. The maximum absolute atomic E-state index is 9.48. The van der Waals surface area contributed by atoms with Crippen LogP contribution in [0.5, 0.6) is 5.75 Å². The maximum Gasteiger partial charge on any atom is 0.143 e. The van der Waals surface area contributed by atoms with Gasteiger partial charge in [0.25, 0.3) is 0 Å². The predicted molar refractivity (Wildman–Crippen MR) is 63.5 cm³/mol. The number of rotatable bonds is 2. The Morgan fingerprint density at radius 2 is 1.56 bits per heavy atom. The second-order valence-electron chi connectivity index (χ2n) is 3.52. The largest absolute Gasteiger partial charge is 0.506 e. The molecule has 0 fully saturated rings. The molecule has 0 atom stereocenters. The molecular formula is C13H12N2O. The minimum Gasteiger partial charge on any atom is -0.506 e. The van der Waals surface area contributed by atoms with Gasteiger partial charge in [-0.05, 0) is 31.2 Å². The Hall–Kier alpha value is -2.16. The second kappa shape index (κ2) is 4.57. The first-order valence-corrected chi connectivity index (χ1v) is 5.02. The van der Waals surface area contributed by atoms with Gasteiger partial charge in [0.2, 0.25) is 0 Å². The van der Waals surface area contributed by atoms with Gasteiger partial charge in [0, 0.05) is 0 Å². The third-order valence-electron chi connectivity index (χ3n) is 2.19. The molecule has 3 nitrogen and oxygen atoms in total. The summed E-state index contributed by atoms with van der Waals surface area (Å²) in [6.45, 7) is 2.02. The van der Waals surface area contributed by atoms with Crippen molar-refractivity contribution in [2.75, 3.05) is 0 Å². The van der Waals surface area contributed by atoms with E-state index in [2.05, 4.69) is 10.2 Å². The molecule has 0 amide bonds. The highest BCUT2D eigenvalue weighted by molar-refractivity contribution is 5.50. The van der Waals surface area contributed by atoms with Crippen molar-refractivity contribution in [3.05, 3.63) is 54.1 Å². The molecule has 1 N–H and O–H groups in total. The number of aryl methyl sites for hydroxylation is 1. The van der Waals surface area contributed by atoms with E-state index in [1.165, 1.54) is 5.56 Å². The third kappa shape index (κ3) is 2.45. The molecule has 0 saturated carbocycles. The van der Waals surface area contributed by atoms with E-state index >= 15 is 0 Å². The van der Waals surface area contributed by atoms with Crippen molar-refractivity contribution >= 4 is 11.4 Å². The zero-order chi connectivity index (χ0) is 11.4. The minimum atomic E-state index is 0.137. The average molecular weight is 212 g/mol. The van der Waals surface area contributed by atoms with Crippen molar-refractivity contribution in [2.24, 2.45) is 10.2 Å². The molecule has 2 aromatic rings. The van der Waals surface area contributed by atoms with Gasteiger partial charge in [-0.1, -0.05) is 29.8 Å². The van der Waals surface area contributed by atoms with Gasteiger partial charge in [-0.25, -0.2) is 0 Å². The van der Waals surface area contributed by atoms with E-state index < -0.39 is 0 Å². The molecular weight excluding hydrogens is 200 g/mol. The van der Waals surface area contributed by atoms with E-state index in [9.17, 15) is 5.11 Å². The van der Waals surface area contributed by atoms with Crippen LogP contribution in [-0.4, -0.2) is 5.11 Å². The maximum atomic E-state index is 9.48. The van der Waals surface area contributed by atoms with E-state index in [0.717, 1.165) is 5.69 Å². The van der Waals surface area contributed by atoms with Gasteiger partial charge in [-0.15, -0.1) is 5.11 Å². The summed E-state index contributed by atoms with van der Waals surface area (Å²) in [4.78, 5) is 0. The predicted octanol–water partition coefficient (Wildman–Crippen LogP) is 4.12. The van der Waals surface area contributed by atoms with Gasteiger partial charge >= 0.3 is 0 Å². The fourth-order valence-corrected chi connectivity index (χ4v) is 1.27. The number of benzene rings is 2. The number of phenolic OH excluding ortho intramolecular Hbond substituents is 1. The van der Waals surface area contributed by atoms with Crippen LogP contribution < -0.4 is 0 Å². The van der Waals surface area contributed by atoms with Crippen LogP contribution >= 0.6 is 0 Å². The number of phenols is 1. The zero-order valence-electron chi connectivity index (χ0n) is 8.96. The van der Waals surface area contributed by atoms with Crippen LogP contribution in [0.15, 0.2) is 58.8 Å². The Balaban J connectivity index is 2.21. The van der Waals surface area contributed by atoms with Crippen LogP contribution in [0.1, 0.15) is 5.56 Å². The van der Waals surface area contributed by atoms with E-state index in [1.807, 2.05) is 37.3 Å². The number of azo groups is 1. The lowest BCUT2D eigenvalue weighted by atomic mass is 10.2. The van der Waals surface area contributed by atoms with Gasteiger partial charge < -0.3 is 5.11 Å². The van der Waals surface area contributed by atoms with Gasteiger partial charge in [-0.3, -0.25) is 0 Å². The van der Waals surface area contributed by atoms with Gasteiger partial charge in [0.15, 0.2) is 0 Å². The number of aromatic hydroxyl groups is 1. The molecule has 80 valence electrons. The number of hydrogen-bond acceptors (Lipinski definition) is 3. The summed E-state index contributed by atoms with van der Waals surface area (Å²) < 4.78 is 0. The normalized spacial score (nSPS) is 10.8. The summed E-state index contributed by atoms with van der Waals surface area (Å²) in [5.74, 6) is 0.137. The van der Waals surface area contributed by atoms with Crippen molar-refractivity contribution in [3.8, 4) is 5.75 Å². The first kappa shape index (κ1) is 10.4. The molecule has 0 heterocycles. The molecule has 2 aromatic carbocycles. The summed E-state index contributed by atoms with van der Waals surface area (Å²) in [5.41, 5.74) is 2.43. The highest BCUT2D eigenvalue weighted by Crippen LogP contribution is 2.27. The SMILES string of the molecule is Cc1ccc(N=Nc2ccccc2O)cc1. The lowest BCUT2D eigenvalue weighted by molar-refractivity contribution is 0.476. The van der Waals surface area contributed by atoms with Crippen LogP contribution in [0, 0.1) is 6.92 Å². The molecule has 0 aliphatic rings. The molecule has 16 heavy (non-hydrogen) atoms. The molecule has 0 bridgehead atoms. The molecule has 0 aliphatic heterocycles. The topological polar surface area (TPSA) is 45.0 Å². The van der Waals surface area contributed by atoms with Crippen molar-refractivity contribution in [1.29, 1.82) is 0 Å². The molecule has 0 aromatic heterocycles. The number of para-hydroxylation sites is 1. The van der Waals surface area contributed by atoms with Gasteiger partial charge in [0.05, 0.1) is 5.69 Å². The molecule has 0 saturated heterocycles. The molecule has 3 heteroatoms. The number of hydrogen-bond donors (Lipinski definition) is 1. The summed E-state index contributed by atoms with van der Waals surface area (Å²) in [6.07, 6.45) is 0. The molecule has 0 radical (unpaired) electrons. The molecule has 0 aliphatic carbocycles. The Kier molecular flexibility index (Phi) is 2.96. The van der Waals surface area contributed by atoms with Crippen LogP contribution in [0.3, 0.4) is 0 Å². The molecule has 0 spiro atoms. The van der Waals surface area contributed by atoms with Crippen molar-refractivity contribution < 1.29 is 5.11 Å². The van der Waals surface area contributed by atoms with Crippen LogP contribution in [0.4, 0.5) is 11.4 Å². The quantitative estimate of drug-likeness (QED) is 0.748. The molecule has 2 rings (SSSR count). The Bertz CT molecular complexity index is 504. The summed E-state index contributed by atoms with van der Waals surface area (Å²) in [7, 11) is 0. The Morgan fingerprint density at radius 1 is 0.875 bits per heavy atom. The Labute approximate surface area is 94.1 Å². The summed E-state index contributed by atoms with van der Waals surface area (Å²) >= 11 is 0. The lowest BCUT2D eigenvalue weighted by Crippen LogP contribution is -1.69. The van der Waals surface area contributed by atoms with E-state index in [-0.39, 0.29) is 5.75 Å². The third-order valence-corrected chi connectivity index (χ3v) is 2.19. The minimum absolute atomic E-state index is 0.137.